The smallest absolute Gasteiger partial charge is 0.257 e. The summed E-state index contributed by atoms with van der Waals surface area (Å²) in [5.74, 6) is 2.22. The van der Waals surface area contributed by atoms with E-state index < -0.39 is 11.5 Å². The lowest BCUT2D eigenvalue weighted by Gasteiger charge is -2.39. The van der Waals surface area contributed by atoms with Gasteiger partial charge in [0.1, 0.15) is 5.60 Å². The van der Waals surface area contributed by atoms with Crippen molar-refractivity contribution < 1.29 is 19.3 Å². The van der Waals surface area contributed by atoms with E-state index in [1.165, 1.54) is 0 Å². The molecule has 230 valence electrons. The van der Waals surface area contributed by atoms with Crippen LogP contribution in [0, 0.1) is 0 Å². The van der Waals surface area contributed by atoms with Crippen molar-refractivity contribution in [3.8, 4) is 17.5 Å². The normalized spacial score (nSPS) is 13.6. The number of nitrogens with zero attached hydrogens (tertiary/aromatic N) is 4. The van der Waals surface area contributed by atoms with Crippen molar-refractivity contribution >= 4 is 50.4 Å². The molecule has 0 amide bonds. The zero-order chi connectivity index (χ0) is 31.1. The standard InChI is InChI=1S/C32H39BrN4O4S2/c1-8-42-26-18-21(19-27(36-26)43-9-2)32(38,13-15-37(3)4)28(23-12-14-34-31(41-7)29(23)39-5)24-17-20-16-22(33)10-11-25(20)35-30(24)40-6/h10-12,14,16-19,28,38H,8-9,13,15H2,1-7H3/t28-,32-/m1/s1. The quantitative estimate of drug-likeness (QED) is 0.140. The molecular formula is C32H39BrN4O4S2. The Morgan fingerprint density at radius 1 is 0.884 bits per heavy atom. The van der Waals surface area contributed by atoms with Crippen LogP contribution in [-0.4, -0.2) is 78.4 Å². The number of benzene rings is 1. The van der Waals surface area contributed by atoms with Crippen molar-refractivity contribution in [2.45, 2.75) is 41.8 Å². The maximum atomic E-state index is 13.3. The average molecular weight is 688 g/mol. The van der Waals surface area contributed by atoms with Crippen molar-refractivity contribution in [1.82, 2.24) is 19.9 Å². The predicted octanol–water partition coefficient (Wildman–Crippen LogP) is 7.01. The molecule has 0 bridgehead atoms. The van der Waals surface area contributed by atoms with Gasteiger partial charge < -0.3 is 24.2 Å². The third kappa shape index (κ3) is 7.39. The molecule has 11 heteroatoms. The Labute approximate surface area is 271 Å². The summed E-state index contributed by atoms with van der Waals surface area (Å²) in [7, 11) is 8.76. The number of methoxy groups -OCH3 is 3. The predicted molar refractivity (Wildman–Crippen MR) is 179 cm³/mol. The molecule has 0 unspecified atom stereocenters. The number of hydrogen-bond acceptors (Lipinski definition) is 10. The SMILES string of the molecule is CCSc1cc([C@](O)(CCN(C)C)[C@@H](c2cc3cc(Br)ccc3nc2OC)c2ccnc(OC)c2OC)cc(SCC)n1. The van der Waals surface area contributed by atoms with Crippen LogP contribution in [0.3, 0.4) is 0 Å². The summed E-state index contributed by atoms with van der Waals surface area (Å²) >= 11 is 6.92. The number of halogens is 1. The average Bonchev–Trinajstić information content (AvgIpc) is 2.99. The summed E-state index contributed by atoms with van der Waals surface area (Å²) in [5, 5.41) is 16.0. The highest BCUT2D eigenvalue weighted by Crippen LogP contribution is 2.51. The van der Waals surface area contributed by atoms with Crippen LogP contribution in [0.4, 0.5) is 0 Å². The van der Waals surface area contributed by atoms with E-state index in [9.17, 15) is 5.11 Å². The monoisotopic (exact) mass is 686 g/mol. The van der Waals surface area contributed by atoms with E-state index in [0.29, 0.717) is 41.6 Å². The Morgan fingerprint density at radius 3 is 2.14 bits per heavy atom. The van der Waals surface area contributed by atoms with E-state index in [2.05, 4.69) is 39.7 Å². The molecule has 0 radical (unpaired) electrons. The lowest BCUT2D eigenvalue weighted by Crippen LogP contribution is -2.38. The van der Waals surface area contributed by atoms with Gasteiger partial charge in [0, 0.05) is 33.7 Å². The van der Waals surface area contributed by atoms with Gasteiger partial charge in [-0.2, -0.15) is 0 Å². The summed E-state index contributed by atoms with van der Waals surface area (Å²) in [6.07, 6.45) is 2.07. The van der Waals surface area contributed by atoms with Crippen molar-refractivity contribution in [3.05, 3.63) is 69.8 Å². The molecule has 4 rings (SSSR count). The molecule has 0 aliphatic rings. The molecule has 1 aromatic carbocycles. The zero-order valence-corrected chi connectivity index (χ0v) is 28.9. The first-order chi connectivity index (χ1) is 20.7. The van der Waals surface area contributed by atoms with E-state index >= 15 is 0 Å². The Kier molecular flexibility index (Phi) is 11.6. The van der Waals surface area contributed by atoms with Crippen LogP contribution in [0.2, 0.25) is 0 Å². The van der Waals surface area contributed by atoms with Crippen molar-refractivity contribution in [2.24, 2.45) is 0 Å². The minimum absolute atomic E-state index is 0.328. The Balaban J connectivity index is 2.14. The number of rotatable bonds is 14. The number of fused-ring (bicyclic) bond motifs is 1. The van der Waals surface area contributed by atoms with E-state index in [4.69, 9.17) is 24.2 Å². The lowest BCUT2D eigenvalue weighted by atomic mass is 9.71. The molecule has 3 aromatic heterocycles. The number of hydrogen-bond donors (Lipinski definition) is 1. The largest absolute Gasteiger partial charge is 0.491 e. The van der Waals surface area contributed by atoms with Gasteiger partial charge in [0.15, 0.2) is 5.75 Å². The van der Waals surface area contributed by atoms with Crippen molar-refractivity contribution in [3.63, 3.8) is 0 Å². The summed E-state index contributed by atoms with van der Waals surface area (Å²) in [5.41, 5.74) is 1.51. The minimum Gasteiger partial charge on any atom is -0.491 e. The third-order valence-electron chi connectivity index (χ3n) is 7.17. The molecule has 0 saturated carbocycles. The lowest BCUT2D eigenvalue weighted by molar-refractivity contribution is 0.00259. The molecule has 4 aromatic rings. The van der Waals surface area contributed by atoms with E-state index in [1.54, 1.807) is 51.1 Å². The van der Waals surface area contributed by atoms with Crippen molar-refractivity contribution in [2.75, 3.05) is 53.5 Å². The topological polar surface area (TPSA) is 89.8 Å². The van der Waals surface area contributed by atoms with E-state index in [0.717, 1.165) is 42.5 Å². The van der Waals surface area contributed by atoms with Gasteiger partial charge in [0.25, 0.3) is 5.88 Å². The van der Waals surface area contributed by atoms with Gasteiger partial charge in [-0.05, 0) is 80.0 Å². The van der Waals surface area contributed by atoms with Gasteiger partial charge in [-0.3, -0.25) is 0 Å². The number of thioether (sulfide) groups is 2. The number of aliphatic hydroxyl groups is 1. The summed E-state index contributed by atoms with van der Waals surface area (Å²) < 4.78 is 18.4. The molecule has 0 aliphatic heterocycles. The van der Waals surface area contributed by atoms with Gasteiger partial charge >= 0.3 is 0 Å². The second-order valence-electron chi connectivity index (χ2n) is 10.2. The highest BCUT2D eigenvalue weighted by Gasteiger charge is 2.45. The molecule has 0 aliphatic carbocycles. The number of ether oxygens (including phenoxy) is 3. The maximum Gasteiger partial charge on any atom is 0.257 e. The summed E-state index contributed by atoms with van der Waals surface area (Å²) in [4.78, 5) is 16.3. The van der Waals surface area contributed by atoms with Gasteiger partial charge in [-0.25, -0.2) is 15.0 Å². The van der Waals surface area contributed by atoms with Crippen LogP contribution in [0.5, 0.6) is 17.5 Å². The number of pyridine rings is 3. The summed E-state index contributed by atoms with van der Waals surface area (Å²) in [6.45, 7) is 4.82. The second-order valence-corrected chi connectivity index (χ2v) is 13.7. The molecule has 2 atom stereocenters. The van der Waals surface area contributed by atoms with Gasteiger partial charge in [0.2, 0.25) is 5.88 Å². The van der Waals surface area contributed by atoms with Gasteiger partial charge in [0.05, 0.1) is 42.8 Å². The van der Waals surface area contributed by atoms with Crippen LogP contribution in [0.1, 0.15) is 42.9 Å². The maximum absolute atomic E-state index is 13.3. The minimum atomic E-state index is -1.45. The van der Waals surface area contributed by atoms with Crippen LogP contribution in [-0.2, 0) is 5.60 Å². The molecular weight excluding hydrogens is 648 g/mol. The first kappa shape index (κ1) is 33.3. The van der Waals surface area contributed by atoms with Crippen LogP contribution >= 0.6 is 39.5 Å². The molecule has 0 fully saturated rings. The zero-order valence-electron chi connectivity index (χ0n) is 25.7. The first-order valence-electron chi connectivity index (χ1n) is 14.0. The van der Waals surface area contributed by atoms with E-state index in [-0.39, 0.29) is 0 Å². The van der Waals surface area contributed by atoms with Gasteiger partial charge in [-0.15, -0.1) is 23.5 Å². The first-order valence-corrected chi connectivity index (χ1v) is 16.8. The second kappa shape index (κ2) is 14.9. The van der Waals surface area contributed by atoms with Crippen LogP contribution < -0.4 is 14.2 Å². The fraction of sp³-hybridized carbons (Fsp3) is 0.406. The number of aromatic nitrogens is 3. The van der Waals surface area contributed by atoms with Gasteiger partial charge in [-0.1, -0.05) is 29.8 Å². The molecule has 0 spiro atoms. The summed E-state index contributed by atoms with van der Waals surface area (Å²) in [6, 6.07) is 13.9. The fourth-order valence-electron chi connectivity index (χ4n) is 5.24. The highest BCUT2D eigenvalue weighted by molar-refractivity contribution is 9.10. The van der Waals surface area contributed by atoms with E-state index in [1.807, 2.05) is 56.6 Å². The molecule has 0 saturated heterocycles. The molecule has 1 N–H and O–H groups in total. The Hall–Kier alpha value is -2.57. The molecule has 43 heavy (non-hydrogen) atoms. The van der Waals surface area contributed by atoms with Crippen LogP contribution in [0.25, 0.3) is 10.9 Å². The molecule has 3 heterocycles. The van der Waals surface area contributed by atoms with Crippen molar-refractivity contribution in [1.29, 1.82) is 0 Å². The third-order valence-corrected chi connectivity index (χ3v) is 9.25. The Morgan fingerprint density at radius 2 is 1.56 bits per heavy atom. The fourth-order valence-corrected chi connectivity index (χ4v) is 7.02. The highest BCUT2D eigenvalue weighted by atomic mass is 79.9. The van der Waals surface area contributed by atoms with Crippen LogP contribution in [0.15, 0.2) is 63.2 Å². The Bertz CT molecular complexity index is 1530. The molecule has 8 nitrogen and oxygen atoms in total.